The quantitative estimate of drug-likeness (QED) is 0.403. The van der Waals surface area contributed by atoms with E-state index in [4.69, 9.17) is 11.6 Å². The fourth-order valence-corrected chi connectivity index (χ4v) is 6.47. The minimum Gasteiger partial charge on any atom is -0.343 e. The van der Waals surface area contributed by atoms with Crippen LogP contribution < -0.4 is 0 Å². The summed E-state index contributed by atoms with van der Waals surface area (Å²) in [6.45, 7) is 2.26. The Morgan fingerprint density at radius 1 is 0.886 bits per heavy atom. The molecule has 3 heterocycles. The van der Waals surface area contributed by atoms with Crippen molar-refractivity contribution in [3.8, 4) is 0 Å². The predicted molar refractivity (Wildman–Crippen MR) is 142 cm³/mol. The lowest BCUT2D eigenvalue weighted by atomic mass is 9.90. The Labute approximate surface area is 216 Å². The fourth-order valence-electron chi connectivity index (χ4n) is 5.44. The third-order valence-corrected chi connectivity index (χ3v) is 8.61. The van der Waals surface area contributed by atoms with Crippen molar-refractivity contribution >= 4 is 34.8 Å². The molecule has 0 radical (unpaired) electrons. The number of nitrogens with zero attached hydrogens (tertiary/aromatic N) is 2. The topological polar surface area (TPSA) is 40.6 Å². The molecule has 1 saturated heterocycles. The van der Waals surface area contributed by atoms with Gasteiger partial charge in [-0.25, -0.2) is 0 Å². The number of rotatable bonds is 6. The first kappa shape index (κ1) is 24.1. The number of amides is 2. The standard InChI is InChI=1S/C29H31ClN2O2S/c30-24-8-6-23(7-9-24)29-25-15-19-35-26(25)14-18-32(29)28(34)11-10-27(33)31-16-12-22(13-17-31)20-21-4-2-1-3-5-21/h1-9,15,19,22,29H,10-14,16-18,20H2. The molecule has 0 bridgehead atoms. The molecule has 1 unspecified atom stereocenters. The Morgan fingerprint density at radius 3 is 2.34 bits per heavy atom. The van der Waals surface area contributed by atoms with Crippen molar-refractivity contribution in [3.05, 3.63) is 92.6 Å². The summed E-state index contributed by atoms with van der Waals surface area (Å²) >= 11 is 7.87. The number of thiophene rings is 1. The molecule has 0 saturated carbocycles. The largest absolute Gasteiger partial charge is 0.343 e. The van der Waals surface area contributed by atoms with Gasteiger partial charge in [0.05, 0.1) is 6.04 Å². The smallest absolute Gasteiger partial charge is 0.223 e. The van der Waals surface area contributed by atoms with E-state index in [1.165, 1.54) is 16.0 Å². The third kappa shape index (κ3) is 5.62. The van der Waals surface area contributed by atoms with Gasteiger partial charge in [-0.3, -0.25) is 9.59 Å². The molecular formula is C29H31ClN2O2S. The molecule has 1 aromatic heterocycles. The molecule has 1 fully saturated rings. The minimum absolute atomic E-state index is 0.0501. The van der Waals surface area contributed by atoms with Crippen LogP contribution in [0.25, 0.3) is 0 Å². The van der Waals surface area contributed by atoms with Crippen molar-refractivity contribution in [2.75, 3.05) is 19.6 Å². The highest BCUT2D eigenvalue weighted by atomic mass is 35.5. The predicted octanol–water partition coefficient (Wildman–Crippen LogP) is 6.14. The van der Waals surface area contributed by atoms with Crippen molar-refractivity contribution in [2.45, 2.75) is 44.6 Å². The molecular weight excluding hydrogens is 476 g/mol. The highest BCUT2D eigenvalue weighted by molar-refractivity contribution is 7.10. The van der Waals surface area contributed by atoms with E-state index >= 15 is 0 Å². The van der Waals surface area contributed by atoms with Gasteiger partial charge < -0.3 is 9.80 Å². The zero-order chi connectivity index (χ0) is 24.2. The van der Waals surface area contributed by atoms with E-state index in [1.54, 1.807) is 11.3 Å². The van der Waals surface area contributed by atoms with Crippen LogP contribution in [0.5, 0.6) is 0 Å². The molecule has 2 aromatic carbocycles. The van der Waals surface area contributed by atoms with Gasteiger partial charge in [-0.15, -0.1) is 11.3 Å². The van der Waals surface area contributed by atoms with Crippen LogP contribution in [0.2, 0.25) is 5.02 Å². The zero-order valence-electron chi connectivity index (χ0n) is 19.9. The Bertz CT molecular complexity index is 1150. The van der Waals surface area contributed by atoms with Gasteiger partial charge in [0.15, 0.2) is 0 Å². The Kier molecular flexibility index (Phi) is 7.54. The molecule has 35 heavy (non-hydrogen) atoms. The van der Waals surface area contributed by atoms with E-state index in [0.717, 1.165) is 44.3 Å². The maximum atomic E-state index is 13.4. The van der Waals surface area contributed by atoms with Crippen LogP contribution in [0.4, 0.5) is 0 Å². The Hall–Kier alpha value is -2.63. The zero-order valence-corrected chi connectivity index (χ0v) is 21.4. The number of hydrogen-bond acceptors (Lipinski definition) is 3. The molecule has 1 atom stereocenters. The van der Waals surface area contributed by atoms with Crippen LogP contribution in [-0.4, -0.2) is 41.2 Å². The fraction of sp³-hybridized carbons (Fsp3) is 0.379. The van der Waals surface area contributed by atoms with Gasteiger partial charge in [0.25, 0.3) is 0 Å². The molecule has 4 nitrogen and oxygen atoms in total. The van der Waals surface area contributed by atoms with Gasteiger partial charge in [0.1, 0.15) is 0 Å². The van der Waals surface area contributed by atoms with Gasteiger partial charge >= 0.3 is 0 Å². The first-order valence-electron chi connectivity index (χ1n) is 12.5. The lowest BCUT2D eigenvalue weighted by Gasteiger charge is -2.37. The second-order valence-corrected chi connectivity index (χ2v) is 11.0. The average Bonchev–Trinajstić information content (AvgIpc) is 3.37. The molecule has 0 spiro atoms. The summed E-state index contributed by atoms with van der Waals surface area (Å²) in [5, 5.41) is 2.79. The molecule has 2 aliphatic rings. The summed E-state index contributed by atoms with van der Waals surface area (Å²) in [6, 6.07) is 20.4. The van der Waals surface area contributed by atoms with Gasteiger partial charge in [0.2, 0.25) is 11.8 Å². The van der Waals surface area contributed by atoms with Crippen LogP contribution in [0.3, 0.4) is 0 Å². The number of likely N-dealkylation sites (tertiary alicyclic amines) is 1. The van der Waals surface area contributed by atoms with Crippen molar-refractivity contribution in [2.24, 2.45) is 5.92 Å². The van der Waals surface area contributed by atoms with E-state index in [0.29, 0.717) is 17.5 Å². The van der Waals surface area contributed by atoms with E-state index in [-0.39, 0.29) is 30.7 Å². The van der Waals surface area contributed by atoms with E-state index in [1.807, 2.05) is 40.1 Å². The second kappa shape index (κ2) is 11.0. The normalized spacial score (nSPS) is 18.4. The average molecular weight is 507 g/mol. The Balaban J connectivity index is 1.17. The number of benzene rings is 2. The summed E-state index contributed by atoms with van der Waals surface area (Å²) in [4.78, 5) is 31.5. The third-order valence-electron chi connectivity index (χ3n) is 7.36. The molecule has 182 valence electrons. The van der Waals surface area contributed by atoms with Crippen molar-refractivity contribution in [3.63, 3.8) is 0 Å². The van der Waals surface area contributed by atoms with Crippen LogP contribution in [0.1, 0.15) is 53.3 Å². The van der Waals surface area contributed by atoms with Gasteiger partial charge in [-0.1, -0.05) is 54.1 Å². The number of piperidine rings is 1. The summed E-state index contributed by atoms with van der Waals surface area (Å²) in [7, 11) is 0. The summed E-state index contributed by atoms with van der Waals surface area (Å²) in [6.07, 6.45) is 4.54. The van der Waals surface area contributed by atoms with Crippen molar-refractivity contribution in [1.29, 1.82) is 0 Å². The molecule has 2 amide bonds. The highest BCUT2D eigenvalue weighted by Crippen LogP contribution is 2.38. The van der Waals surface area contributed by atoms with E-state index in [2.05, 4.69) is 35.7 Å². The minimum atomic E-state index is -0.112. The van der Waals surface area contributed by atoms with E-state index in [9.17, 15) is 9.59 Å². The first-order chi connectivity index (χ1) is 17.1. The molecule has 3 aromatic rings. The highest BCUT2D eigenvalue weighted by Gasteiger charge is 2.33. The van der Waals surface area contributed by atoms with Gasteiger partial charge in [-0.2, -0.15) is 0 Å². The maximum Gasteiger partial charge on any atom is 0.223 e. The van der Waals surface area contributed by atoms with Crippen LogP contribution in [0.15, 0.2) is 66.0 Å². The van der Waals surface area contributed by atoms with Crippen molar-refractivity contribution in [1.82, 2.24) is 9.80 Å². The summed E-state index contributed by atoms with van der Waals surface area (Å²) in [5.41, 5.74) is 3.63. The van der Waals surface area contributed by atoms with Gasteiger partial charge in [-0.05, 0) is 71.9 Å². The number of carbonyl (C=O) groups excluding carboxylic acids is 2. The van der Waals surface area contributed by atoms with Crippen LogP contribution in [-0.2, 0) is 22.4 Å². The van der Waals surface area contributed by atoms with Gasteiger partial charge in [0, 0.05) is 42.4 Å². The summed E-state index contributed by atoms with van der Waals surface area (Å²) in [5.74, 6) is 0.776. The van der Waals surface area contributed by atoms with Crippen molar-refractivity contribution < 1.29 is 9.59 Å². The lowest BCUT2D eigenvalue weighted by molar-refractivity contribution is -0.138. The Morgan fingerprint density at radius 2 is 1.60 bits per heavy atom. The number of carbonyl (C=O) groups is 2. The van der Waals surface area contributed by atoms with Crippen LogP contribution >= 0.6 is 22.9 Å². The second-order valence-electron chi connectivity index (χ2n) is 9.60. The molecule has 2 aliphatic heterocycles. The number of fused-ring (bicyclic) bond motifs is 1. The molecule has 5 rings (SSSR count). The lowest BCUT2D eigenvalue weighted by Crippen LogP contribution is -2.42. The molecule has 6 heteroatoms. The molecule has 0 aliphatic carbocycles. The SMILES string of the molecule is O=C(CCC(=O)N1CCc2sccc2C1c1ccc(Cl)cc1)N1CCC(Cc2ccccc2)CC1. The van der Waals surface area contributed by atoms with Crippen LogP contribution in [0, 0.1) is 5.92 Å². The first-order valence-corrected chi connectivity index (χ1v) is 13.8. The number of hydrogen-bond donors (Lipinski definition) is 0. The van der Waals surface area contributed by atoms with E-state index < -0.39 is 0 Å². The molecule has 0 N–H and O–H groups in total. The number of halogens is 1. The monoisotopic (exact) mass is 506 g/mol. The summed E-state index contributed by atoms with van der Waals surface area (Å²) < 4.78 is 0. The maximum absolute atomic E-state index is 13.4.